The fourth-order valence-electron chi connectivity index (χ4n) is 2.32. The van der Waals surface area contributed by atoms with Crippen molar-refractivity contribution in [2.75, 3.05) is 10.6 Å². The van der Waals surface area contributed by atoms with Crippen LogP contribution in [0.5, 0.6) is 0 Å². The molecule has 6 heteroatoms. The Morgan fingerprint density at radius 2 is 1.96 bits per heavy atom. The molecule has 0 aliphatic carbocycles. The first-order valence-corrected chi connectivity index (χ1v) is 7.92. The first-order chi connectivity index (χ1) is 11.6. The molecule has 1 heterocycles. The number of halogens is 1. The minimum atomic E-state index is -0.237. The minimum absolute atomic E-state index is 0.237. The molecule has 4 nitrogen and oxygen atoms in total. The lowest BCUT2D eigenvalue weighted by Crippen LogP contribution is -2.19. The highest BCUT2D eigenvalue weighted by Gasteiger charge is 2.05. The Kier molecular flexibility index (Phi) is 4.86. The van der Waals surface area contributed by atoms with Crippen LogP contribution in [0.4, 0.5) is 15.9 Å². The lowest BCUT2D eigenvalue weighted by Gasteiger charge is -2.09. The van der Waals surface area contributed by atoms with Crippen molar-refractivity contribution in [1.29, 1.82) is 0 Å². The average Bonchev–Trinajstić information content (AvgIpc) is 2.96. The van der Waals surface area contributed by atoms with E-state index >= 15 is 0 Å². The smallest absolute Gasteiger partial charge is 0.176 e. The maximum atomic E-state index is 13.7. The number of nitrogens with zero attached hydrogens (tertiary/aromatic N) is 2. The van der Waals surface area contributed by atoms with Crippen molar-refractivity contribution >= 4 is 28.8 Å². The molecule has 3 rings (SSSR count). The number of hydrogen-bond donors (Lipinski definition) is 2. The van der Waals surface area contributed by atoms with Crippen LogP contribution in [0.3, 0.4) is 0 Å². The zero-order valence-corrected chi connectivity index (χ0v) is 14.0. The molecular weight excluding hydrogens is 323 g/mol. The third-order valence-corrected chi connectivity index (χ3v) is 3.65. The summed E-state index contributed by atoms with van der Waals surface area (Å²) in [5.74, 6) is 0.371. The Labute approximate surface area is 145 Å². The minimum Gasteiger partial charge on any atom is -0.332 e. The summed E-state index contributed by atoms with van der Waals surface area (Å²) in [6.45, 7) is 2.39. The summed E-state index contributed by atoms with van der Waals surface area (Å²) in [4.78, 5) is 0. The van der Waals surface area contributed by atoms with Crippen molar-refractivity contribution in [1.82, 2.24) is 9.78 Å². The second-order valence-electron chi connectivity index (χ2n) is 5.44. The van der Waals surface area contributed by atoms with Crippen molar-refractivity contribution in [2.45, 2.75) is 13.5 Å². The zero-order chi connectivity index (χ0) is 16.9. The van der Waals surface area contributed by atoms with Crippen LogP contribution in [0, 0.1) is 12.7 Å². The van der Waals surface area contributed by atoms with E-state index in [4.69, 9.17) is 12.2 Å². The van der Waals surface area contributed by atoms with Gasteiger partial charge in [-0.1, -0.05) is 30.3 Å². The normalized spacial score (nSPS) is 10.4. The number of hydrogen-bond acceptors (Lipinski definition) is 2. The van der Waals surface area contributed by atoms with Crippen molar-refractivity contribution in [2.24, 2.45) is 0 Å². The Bertz CT molecular complexity index is 859. The highest BCUT2D eigenvalue weighted by Crippen LogP contribution is 2.12. The number of aromatic nitrogens is 2. The molecule has 3 aromatic rings. The summed E-state index contributed by atoms with van der Waals surface area (Å²) in [5, 5.41) is 10.9. The monoisotopic (exact) mass is 340 g/mol. The number of benzene rings is 2. The molecule has 24 heavy (non-hydrogen) atoms. The second-order valence-corrected chi connectivity index (χ2v) is 5.85. The number of nitrogens with one attached hydrogen (secondary N) is 2. The second kappa shape index (κ2) is 7.23. The van der Waals surface area contributed by atoms with Gasteiger partial charge < -0.3 is 10.6 Å². The lowest BCUT2D eigenvalue weighted by molar-refractivity contribution is 0.586. The zero-order valence-electron chi connectivity index (χ0n) is 13.2. The van der Waals surface area contributed by atoms with Crippen LogP contribution in [-0.4, -0.2) is 14.9 Å². The molecule has 0 spiro atoms. The van der Waals surface area contributed by atoms with Gasteiger partial charge in [-0.2, -0.15) is 5.10 Å². The Morgan fingerprint density at radius 1 is 1.12 bits per heavy atom. The summed E-state index contributed by atoms with van der Waals surface area (Å²) < 4.78 is 15.3. The molecule has 0 saturated heterocycles. The van der Waals surface area contributed by atoms with Crippen LogP contribution in [0.25, 0.3) is 0 Å². The maximum Gasteiger partial charge on any atom is 0.176 e. The van der Waals surface area contributed by atoms with Crippen LogP contribution in [-0.2, 0) is 6.54 Å². The maximum absolute atomic E-state index is 13.7. The molecule has 0 amide bonds. The van der Waals surface area contributed by atoms with Crippen LogP contribution in [0.15, 0.2) is 60.8 Å². The highest BCUT2D eigenvalue weighted by molar-refractivity contribution is 7.80. The number of thiocarbonyl (C=S) groups is 1. The van der Waals surface area contributed by atoms with Crippen molar-refractivity contribution in [3.63, 3.8) is 0 Å². The third kappa shape index (κ3) is 4.17. The van der Waals surface area contributed by atoms with E-state index in [1.807, 2.05) is 37.3 Å². The topological polar surface area (TPSA) is 41.9 Å². The Balaban J connectivity index is 1.61. The molecule has 0 saturated carbocycles. The SMILES string of the molecule is Cc1cccc(NC(=S)Nc2ccn(Cc3ccccc3F)n2)c1. The highest BCUT2D eigenvalue weighted by atomic mass is 32.1. The molecular formula is C18H17FN4S. The number of rotatable bonds is 4. The van der Waals surface area contributed by atoms with Gasteiger partial charge in [-0.15, -0.1) is 0 Å². The van der Waals surface area contributed by atoms with Gasteiger partial charge in [0, 0.05) is 23.5 Å². The van der Waals surface area contributed by atoms with E-state index < -0.39 is 0 Å². The van der Waals surface area contributed by atoms with Gasteiger partial charge in [-0.3, -0.25) is 4.68 Å². The molecule has 0 unspecified atom stereocenters. The quantitative estimate of drug-likeness (QED) is 0.699. The first kappa shape index (κ1) is 16.1. The predicted octanol–water partition coefficient (Wildman–Crippen LogP) is 4.19. The standard InChI is InChI=1S/C18H17FN4S/c1-13-5-4-7-15(11-13)20-18(24)21-17-9-10-23(22-17)12-14-6-2-3-8-16(14)19/h2-11H,12H2,1H3,(H2,20,21,22,24). The van der Waals surface area contributed by atoms with Crippen molar-refractivity contribution < 1.29 is 4.39 Å². The van der Waals surface area contributed by atoms with E-state index in [1.165, 1.54) is 6.07 Å². The molecule has 0 radical (unpaired) electrons. The van der Waals surface area contributed by atoms with Crippen LogP contribution < -0.4 is 10.6 Å². The van der Waals surface area contributed by atoms with E-state index in [2.05, 4.69) is 15.7 Å². The molecule has 0 aliphatic rings. The fraction of sp³-hybridized carbons (Fsp3) is 0.111. The van der Waals surface area contributed by atoms with Crippen molar-refractivity contribution in [3.05, 3.63) is 77.7 Å². The van der Waals surface area contributed by atoms with E-state index in [9.17, 15) is 4.39 Å². The summed E-state index contributed by atoms with van der Waals surface area (Å²) in [6.07, 6.45) is 1.78. The Hall–Kier alpha value is -2.73. The third-order valence-electron chi connectivity index (χ3n) is 3.45. The van der Waals surface area contributed by atoms with Crippen LogP contribution >= 0.6 is 12.2 Å². The first-order valence-electron chi connectivity index (χ1n) is 7.52. The van der Waals surface area contributed by atoms with E-state index in [0.29, 0.717) is 23.0 Å². The summed E-state index contributed by atoms with van der Waals surface area (Å²) in [7, 11) is 0. The predicted molar refractivity (Wildman–Crippen MR) is 98.8 cm³/mol. The Morgan fingerprint density at radius 3 is 2.75 bits per heavy atom. The van der Waals surface area contributed by atoms with E-state index in [-0.39, 0.29) is 5.82 Å². The van der Waals surface area contributed by atoms with Crippen LogP contribution in [0.1, 0.15) is 11.1 Å². The average molecular weight is 340 g/mol. The van der Waals surface area contributed by atoms with Gasteiger partial charge in [0.2, 0.25) is 0 Å². The number of anilines is 2. The molecule has 0 aliphatic heterocycles. The van der Waals surface area contributed by atoms with Gasteiger partial charge in [0.25, 0.3) is 0 Å². The molecule has 0 atom stereocenters. The molecule has 2 N–H and O–H groups in total. The molecule has 122 valence electrons. The molecule has 0 bridgehead atoms. The van der Waals surface area contributed by atoms with Gasteiger partial charge in [-0.25, -0.2) is 4.39 Å². The van der Waals surface area contributed by atoms with Crippen molar-refractivity contribution in [3.8, 4) is 0 Å². The van der Waals surface area contributed by atoms with Gasteiger partial charge in [0.1, 0.15) is 5.82 Å². The van der Waals surface area contributed by atoms with E-state index in [1.54, 1.807) is 29.1 Å². The fourth-order valence-corrected chi connectivity index (χ4v) is 2.54. The lowest BCUT2D eigenvalue weighted by atomic mass is 10.2. The van der Waals surface area contributed by atoms with Gasteiger partial charge >= 0.3 is 0 Å². The largest absolute Gasteiger partial charge is 0.332 e. The van der Waals surface area contributed by atoms with Gasteiger partial charge in [-0.05, 0) is 42.9 Å². The number of aryl methyl sites for hydroxylation is 1. The van der Waals surface area contributed by atoms with Gasteiger partial charge in [0.15, 0.2) is 10.9 Å². The van der Waals surface area contributed by atoms with E-state index in [0.717, 1.165) is 11.3 Å². The molecule has 2 aromatic carbocycles. The van der Waals surface area contributed by atoms with Crippen LogP contribution in [0.2, 0.25) is 0 Å². The summed E-state index contributed by atoms with van der Waals surface area (Å²) in [6, 6.07) is 16.4. The molecule has 0 fully saturated rings. The summed E-state index contributed by atoms with van der Waals surface area (Å²) >= 11 is 5.29. The van der Waals surface area contributed by atoms with Gasteiger partial charge in [0.05, 0.1) is 6.54 Å². The summed E-state index contributed by atoms with van der Waals surface area (Å²) in [5.41, 5.74) is 2.66. The molecule has 1 aromatic heterocycles.